The average Bonchev–Trinajstić information content (AvgIpc) is 3.01. The summed E-state index contributed by atoms with van der Waals surface area (Å²) >= 11 is 0. The number of aromatic hydroxyl groups is 3. The highest BCUT2D eigenvalue weighted by Gasteiger charge is 2.27. The van der Waals surface area contributed by atoms with Crippen molar-refractivity contribution in [2.75, 3.05) is 0 Å². The third-order valence-electron chi connectivity index (χ3n) is 7.34. The minimum absolute atomic E-state index is 0.0821. The largest absolute Gasteiger partial charge is 0.508 e. The molecule has 3 N–H and O–H groups in total. The first-order valence-corrected chi connectivity index (χ1v) is 13.2. The van der Waals surface area contributed by atoms with Gasteiger partial charge in [-0.05, 0) is 69.8 Å². The highest BCUT2D eigenvalue weighted by atomic mass is 16.3. The molecule has 0 saturated heterocycles. The summed E-state index contributed by atoms with van der Waals surface area (Å²) in [5.41, 5.74) is 7.56. The molecule has 0 heterocycles. The lowest BCUT2D eigenvalue weighted by Gasteiger charge is -2.24. The smallest absolute Gasteiger partial charge is 0.119 e. The van der Waals surface area contributed by atoms with Gasteiger partial charge in [0.15, 0.2) is 0 Å². The molecule has 6 aromatic carbocycles. The van der Waals surface area contributed by atoms with Gasteiger partial charge >= 0.3 is 0 Å². The lowest BCUT2D eigenvalue weighted by molar-refractivity contribution is 0.451. The van der Waals surface area contributed by atoms with E-state index in [4.69, 9.17) is 0 Å². The second-order valence-corrected chi connectivity index (χ2v) is 9.85. The molecule has 194 valence electrons. The first kappa shape index (κ1) is 25.0. The summed E-state index contributed by atoms with van der Waals surface area (Å²) in [6, 6.07) is 46.4. The van der Waals surface area contributed by atoms with E-state index in [2.05, 4.69) is 0 Å². The Bertz CT molecular complexity index is 1550. The van der Waals surface area contributed by atoms with Crippen LogP contribution in [0, 0.1) is 0 Å². The van der Waals surface area contributed by atoms with Crippen molar-refractivity contribution in [2.24, 2.45) is 0 Å². The number of benzene rings is 6. The van der Waals surface area contributed by atoms with E-state index in [-0.39, 0.29) is 17.2 Å². The Morgan fingerprint density at radius 1 is 0.300 bits per heavy atom. The van der Waals surface area contributed by atoms with Crippen molar-refractivity contribution in [2.45, 2.75) is 5.92 Å². The van der Waals surface area contributed by atoms with E-state index in [1.165, 1.54) is 0 Å². The average molecular weight is 521 g/mol. The fraction of sp³-hybridized carbons (Fsp3) is 0.0270. The van der Waals surface area contributed by atoms with Crippen LogP contribution < -0.4 is 0 Å². The zero-order valence-corrected chi connectivity index (χ0v) is 21.8. The molecule has 0 saturated carbocycles. The van der Waals surface area contributed by atoms with Crippen molar-refractivity contribution in [1.29, 1.82) is 0 Å². The zero-order valence-electron chi connectivity index (χ0n) is 21.8. The third-order valence-corrected chi connectivity index (χ3v) is 7.34. The van der Waals surface area contributed by atoms with Gasteiger partial charge in [0.25, 0.3) is 0 Å². The van der Waals surface area contributed by atoms with Crippen LogP contribution in [0.25, 0.3) is 33.4 Å². The molecule has 0 amide bonds. The van der Waals surface area contributed by atoms with Gasteiger partial charge in [0.2, 0.25) is 0 Å². The summed E-state index contributed by atoms with van der Waals surface area (Å²) in [4.78, 5) is 0. The highest BCUT2D eigenvalue weighted by Crippen LogP contribution is 2.46. The van der Waals surface area contributed by atoms with Crippen molar-refractivity contribution in [3.8, 4) is 50.6 Å². The molecule has 0 aliphatic rings. The van der Waals surface area contributed by atoms with Gasteiger partial charge in [-0.25, -0.2) is 0 Å². The standard InChI is InChI=1S/C37H28O3/c38-34-19-16-28(25-10-4-1-5-11-25)22-31(34)37(32-23-29(17-20-35(32)39)26-12-6-2-7-13-26)33-24-30(18-21-36(33)40)27-14-8-3-9-15-27/h1-24,37-40H. The van der Waals surface area contributed by atoms with E-state index < -0.39 is 5.92 Å². The van der Waals surface area contributed by atoms with Crippen molar-refractivity contribution < 1.29 is 15.3 Å². The summed E-state index contributed by atoms with van der Waals surface area (Å²) < 4.78 is 0. The van der Waals surface area contributed by atoms with Gasteiger partial charge in [-0.2, -0.15) is 0 Å². The first-order chi connectivity index (χ1) is 19.6. The number of hydrogen-bond acceptors (Lipinski definition) is 3. The van der Waals surface area contributed by atoms with Crippen LogP contribution in [0.2, 0.25) is 0 Å². The molecule has 0 bridgehead atoms. The Kier molecular flexibility index (Phi) is 6.78. The van der Waals surface area contributed by atoms with Crippen LogP contribution in [0.15, 0.2) is 146 Å². The lowest BCUT2D eigenvalue weighted by Crippen LogP contribution is -2.06. The molecule has 0 atom stereocenters. The first-order valence-electron chi connectivity index (χ1n) is 13.2. The van der Waals surface area contributed by atoms with Crippen LogP contribution in [0.5, 0.6) is 17.2 Å². The highest BCUT2D eigenvalue weighted by molar-refractivity contribution is 5.72. The molecule has 40 heavy (non-hydrogen) atoms. The molecule has 0 aromatic heterocycles. The van der Waals surface area contributed by atoms with E-state index in [0.29, 0.717) is 16.7 Å². The van der Waals surface area contributed by atoms with Crippen molar-refractivity contribution in [3.63, 3.8) is 0 Å². The maximum atomic E-state index is 11.3. The van der Waals surface area contributed by atoms with E-state index in [1.807, 2.05) is 127 Å². The molecule has 0 fully saturated rings. The lowest BCUT2D eigenvalue weighted by atomic mass is 9.80. The summed E-state index contributed by atoms with van der Waals surface area (Å²) in [5, 5.41) is 33.8. The van der Waals surface area contributed by atoms with Crippen LogP contribution in [0.3, 0.4) is 0 Å². The number of phenols is 3. The zero-order chi connectivity index (χ0) is 27.5. The van der Waals surface area contributed by atoms with Crippen LogP contribution in [-0.2, 0) is 0 Å². The predicted molar refractivity (Wildman–Crippen MR) is 162 cm³/mol. The van der Waals surface area contributed by atoms with Crippen LogP contribution in [0.1, 0.15) is 22.6 Å². The summed E-state index contributed by atoms with van der Waals surface area (Å²) in [7, 11) is 0. The minimum Gasteiger partial charge on any atom is -0.508 e. The Labute approximate surface area is 233 Å². The molecule has 0 spiro atoms. The molecule has 6 aromatic rings. The predicted octanol–water partition coefficient (Wildman–Crippen LogP) is 8.98. The van der Waals surface area contributed by atoms with Gasteiger partial charge in [-0.15, -0.1) is 0 Å². The SMILES string of the molecule is Oc1ccc(-c2ccccc2)cc1C(c1cc(-c2ccccc2)ccc1O)c1cc(-c2ccccc2)ccc1O. The fourth-order valence-corrected chi connectivity index (χ4v) is 5.29. The fourth-order valence-electron chi connectivity index (χ4n) is 5.29. The second kappa shape index (κ2) is 10.8. The molecular formula is C37H28O3. The molecule has 0 aliphatic heterocycles. The van der Waals surface area contributed by atoms with Gasteiger partial charge in [-0.3, -0.25) is 0 Å². The van der Waals surface area contributed by atoms with E-state index in [0.717, 1.165) is 33.4 Å². The van der Waals surface area contributed by atoms with Crippen molar-refractivity contribution >= 4 is 0 Å². The molecule has 6 rings (SSSR count). The number of hydrogen-bond donors (Lipinski definition) is 3. The third kappa shape index (κ3) is 4.93. The molecule has 0 aliphatic carbocycles. The van der Waals surface area contributed by atoms with Gasteiger partial charge in [0.05, 0.1) is 0 Å². The molecular weight excluding hydrogens is 492 g/mol. The van der Waals surface area contributed by atoms with E-state index in [9.17, 15) is 15.3 Å². The molecule has 0 radical (unpaired) electrons. The molecule has 3 nitrogen and oxygen atoms in total. The van der Waals surface area contributed by atoms with Gasteiger partial charge in [-0.1, -0.05) is 109 Å². The quantitative estimate of drug-likeness (QED) is 0.192. The second-order valence-electron chi connectivity index (χ2n) is 9.85. The van der Waals surface area contributed by atoms with Crippen LogP contribution in [-0.4, -0.2) is 15.3 Å². The summed E-state index contributed by atoms with van der Waals surface area (Å²) in [5.74, 6) is -0.410. The monoisotopic (exact) mass is 520 g/mol. The van der Waals surface area contributed by atoms with Crippen LogP contribution in [0.4, 0.5) is 0 Å². The summed E-state index contributed by atoms with van der Waals surface area (Å²) in [6.45, 7) is 0. The van der Waals surface area contributed by atoms with Crippen molar-refractivity contribution in [3.05, 3.63) is 162 Å². The van der Waals surface area contributed by atoms with Gasteiger partial charge < -0.3 is 15.3 Å². The Balaban J connectivity index is 1.60. The maximum absolute atomic E-state index is 11.3. The van der Waals surface area contributed by atoms with Gasteiger partial charge in [0, 0.05) is 22.6 Å². The van der Waals surface area contributed by atoms with E-state index in [1.54, 1.807) is 18.2 Å². The van der Waals surface area contributed by atoms with Crippen molar-refractivity contribution in [1.82, 2.24) is 0 Å². The minimum atomic E-state index is -0.656. The number of rotatable bonds is 6. The normalized spacial score (nSPS) is 11.0. The topological polar surface area (TPSA) is 60.7 Å². The van der Waals surface area contributed by atoms with Crippen LogP contribution >= 0.6 is 0 Å². The Morgan fingerprint density at radius 2 is 0.575 bits per heavy atom. The number of phenolic OH excluding ortho intramolecular Hbond substituents is 3. The van der Waals surface area contributed by atoms with Gasteiger partial charge in [0.1, 0.15) is 17.2 Å². The molecule has 0 unspecified atom stereocenters. The Hall–Kier alpha value is -5.28. The Morgan fingerprint density at radius 3 is 0.850 bits per heavy atom. The summed E-state index contributed by atoms with van der Waals surface area (Å²) in [6.07, 6.45) is 0. The molecule has 3 heteroatoms. The maximum Gasteiger partial charge on any atom is 0.119 e. The van der Waals surface area contributed by atoms with E-state index >= 15 is 0 Å².